The highest BCUT2D eigenvalue weighted by Gasteiger charge is 2.36. The minimum Gasteiger partial charge on any atom is -0.374 e. The number of aliphatic hydroxyl groups is 1. The molecule has 0 fully saturated rings. The Bertz CT molecular complexity index is 486. The van der Waals surface area contributed by atoms with Crippen LogP contribution in [-0.2, 0) is 5.60 Å². The van der Waals surface area contributed by atoms with Crippen molar-refractivity contribution >= 4 is 0 Å². The molecule has 18 heavy (non-hydrogen) atoms. The van der Waals surface area contributed by atoms with Gasteiger partial charge in [0.05, 0.1) is 0 Å². The normalized spacial score (nSPS) is 11.2. The smallest absolute Gasteiger partial charge is 0.240 e. The molecule has 4 heteroatoms. The van der Waals surface area contributed by atoms with Gasteiger partial charge in [0.1, 0.15) is 0 Å². The van der Waals surface area contributed by atoms with Gasteiger partial charge in [-0.25, -0.2) is 0 Å². The Kier molecular flexibility index (Phi) is 3.39. The molecule has 0 radical (unpaired) electrons. The van der Waals surface area contributed by atoms with E-state index in [9.17, 15) is 15.2 Å². The summed E-state index contributed by atoms with van der Waals surface area (Å²) in [5.41, 5.74) is -0.549. The van der Waals surface area contributed by atoms with Gasteiger partial charge in [0.2, 0.25) is 6.54 Å². The van der Waals surface area contributed by atoms with Crippen molar-refractivity contribution in [2.24, 2.45) is 0 Å². The Morgan fingerprint density at radius 2 is 1.33 bits per heavy atom. The van der Waals surface area contributed by atoms with Crippen molar-refractivity contribution in [3.63, 3.8) is 0 Å². The third kappa shape index (κ3) is 2.38. The van der Waals surface area contributed by atoms with Crippen LogP contribution in [0.3, 0.4) is 0 Å². The van der Waals surface area contributed by atoms with Crippen molar-refractivity contribution in [2.45, 2.75) is 5.60 Å². The summed E-state index contributed by atoms with van der Waals surface area (Å²) in [7, 11) is 0. The molecule has 2 aromatic carbocycles. The molecule has 0 saturated heterocycles. The van der Waals surface area contributed by atoms with E-state index >= 15 is 0 Å². The lowest BCUT2D eigenvalue weighted by molar-refractivity contribution is -0.499. The van der Waals surface area contributed by atoms with Crippen LogP contribution in [0.4, 0.5) is 0 Å². The highest BCUT2D eigenvalue weighted by Crippen LogP contribution is 2.29. The van der Waals surface area contributed by atoms with Gasteiger partial charge in [0.25, 0.3) is 0 Å². The second-order valence-corrected chi connectivity index (χ2v) is 4.08. The Morgan fingerprint density at radius 3 is 1.67 bits per heavy atom. The van der Waals surface area contributed by atoms with Crippen LogP contribution in [0.2, 0.25) is 0 Å². The van der Waals surface area contributed by atoms with Crippen molar-refractivity contribution in [1.29, 1.82) is 0 Å². The summed E-state index contributed by atoms with van der Waals surface area (Å²) in [5, 5.41) is 21.5. The first-order valence-electron chi connectivity index (χ1n) is 5.58. The molecule has 0 aromatic heterocycles. The van der Waals surface area contributed by atoms with Crippen LogP contribution in [0.1, 0.15) is 11.1 Å². The third-order valence-electron chi connectivity index (χ3n) is 2.86. The number of nitrogens with zero attached hydrogens (tertiary/aromatic N) is 1. The van der Waals surface area contributed by atoms with E-state index in [2.05, 4.69) is 0 Å². The zero-order valence-corrected chi connectivity index (χ0v) is 9.69. The number of rotatable bonds is 4. The average molecular weight is 243 g/mol. The van der Waals surface area contributed by atoms with Crippen LogP contribution < -0.4 is 0 Å². The van der Waals surface area contributed by atoms with Gasteiger partial charge in [-0.3, -0.25) is 10.1 Å². The first-order valence-corrected chi connectivity index (χ1v) is 5.58. The zero-order chi connectivity index (χ0) is 13.0. The second kappa shape index (κ2) is 4.98. The predicted molar refractivity (Wildman–Crippen MR) is 67.7 cm³/mol. The fourth-order valence-electron chi connectivity index (χ4n) is 1.96. The number of hydrogen-bond donors (Lipinski definition) is 1. The van der Waals surface area contributed by atoms with Crippen molar-refractivity contribution in [3.8, 4) is 0 Å². The number of hydrogen-bond acceptors (Lipinski definition) is 3. The molecular formula is C14H13NO3. The molecule has 2 aromatic rings. The molecule has 1 N–H and O–H groups in total. The maximum atomic E-state index is 10.8. The maximum absolute atomic E-state index is 10.8. The van der Waals surface area contributed by atoms with Crippen LogP contribution in [-0.4, -0.2) is 16.6 Å². The van der Waals surface area contributed by atoms with Gasteiger partial charge in [-0.1, -0.05) is 60.7 Å². The monoisotopic (exact) mass is 243 g/mol. The highest BCUT2D eigenvalue weighted by molar-refractivity contribution is 5.35. The summed E-state index contributed by atoms with van der Waals surface area (Å²) in [6.45, 7) is -0.555. The summed E-state index contributed by atoms with van der Waals surface area (Å²) in [4.78, 5) is 10.3. The van der Waals surface area contributed by atoms with E-state index in [0.717, 1.165) is 0 Å². The summed E-state index contributed by atoms with van der Waals surface area (Å²) >= 11 is 0. The molecule has 0 aliphatic heterocycles. The number of nitro groups is 1. The van der Waals surface area contributed by atoms with Crippen LogP contribution in [0.5, 0.6) is 0 Å². The van der Waals surface area contributed by atoms with E-state index in [0.29, 0.717) is 11.1 Å². The lowest BCUT2D eigenvalue weighted by atomic mass is 9.86. The Balaban J connectivity index is 2.51. The van der Waals surface area contributed by atoms with Crippen molar-refractivity contribution in [2.75, 3.05) is 6.54 Å². The molecule has 4 nitrogen and oxygen atoms in total. The van der Waals surface area contributed by atoms with E-state index in [-0.39, 0.29) is 0 Å². The van der Waals surface area contributed by atoms with Crippen LogP contribution in [0, 0.1) is 10.1 Å². The van der Waals surface area contributed by atoms with Crippen molar-refractivity contribution in [1.82, 2.24) is 0 Å². The van der Waals surface area contributed by atoms with E-state index in [4.69, 9.17) is 0 Å². The van der Waals surface area contributed by atoms with Gasteiger partial charge in [0.15, 0.2) is 5.60 Å². The molecule has 92 valence electrons. The second-order valence-electron chi connectivity index (χ2n) is 4.08. The molecular weight excluding hydrogens is 230 g/mol. The van der Waals surface area contributed by atoms with E-state index in [1.807, 2.05) is 0 Å². The average Bonchev–Trinajstić information content (AvgIpc) is 2.40. The van der Waals surface area contributed by atoms with Crippen molar-refractivity contribution < 1.29 is 10.0 Å². The highest BCUT2D eigenvalue weighted by atomic mass is 16.6. The van der Waals surface area contributed by atoms with Crippen LogP contribution in [0.15, 0.2) is 60.7 Å². The van der Waals surface area contributed by atoms with Gasteiger partial charge in [0, 0.05) is 4.92 Å². The molecule has 0 saturated carbocycles. The van der Waals surface area contributed by atoms with Gasteiger partial charge >= 0.3 is 0 Å². The Hall–Kier alpha value is -2.20. The fraction of sp³-hybridized carbons (Fsp3) is 0.143. The molecule has 0 aliphatic carbocycles. The summed E-state index contributed by atoms with van der Waals surface area (Å²) in [5.74, 6) is 0. The summed E-state index contributed by atoms with van der Waals surface area (Å²) in [6, 6.07) is 17.4. The number of benzene rings is 2. The largest absolute Gasteiger partial charge is 0.374 e. The Labute approximate surface area is 105 Å². The standard InChI is InChI=1S/C14H13NO3/c16-14(11-15(17)18,12-7-3-1-4-8-12)13-9-5-2-6-10-13/h1-10,16H,11H2. The first-order chi connectivity index (χ1) is 8.63. The molecule has 0 heterocycles. The lowest BCUT2D eigenvalue weighted by Gasteiger charge is -2.25. The van der Waals surface area contributed by atoms with Crippen LogP contribution >= 0.6 is 0 Å². The molecule has 0 spiro atoms. The third-order valence-corrected chi connectivity index (χ3v) is 2.86. The molecule has 2 rings (SSSR count). The first kappa shape index (κ1) is 12.3. The van der Waals surface area contributed by atoms with E-state index in [1.165, 1.54) is 0 Å². The maximum Gasteiger partial charge on any atom is 0.240 e. The van der Waals surface area contributed by atoms with Crippen molar-refractivity contribution in [3.05, 3.63) is 81.9 Å². The Morgan fingerprint density at radius 1 is 0.944 bits per heavy atom. The SMILES string of the molecule is O=[N+]([O-])CC(O)(c1ccccc1)c1ccccc1. The van der Waals surface area contributed by atoms with Gasteiger partial charge < -0.3 is 5.11 Å². The summed E-state index contributed by atoms with van der Waals surface area (Å²) < 4.78 is 0. The predicted octanol–water partition coefficient (Wildman–Crippen LogP) is 2.20. The minimum absolute atomic E-state index is 0.500. The van der Waals surface area contributed by atoms with Crippen LogP contribution in [0.25, 0.3) is 0 Å². The zero-order valence-electron chi connectivity index (χ0n) is 9.69. The molecule has 0 unspecified atom stereocenters. The van der Waals surface area contributed by atoms with E-state index < -0.39 is 17.1 Å². The topological polar surface area (TPSA) is 63.4 Å². The fourth-order valence-corrected chi connectivity index (χ4v) is 1.96. The summed E-state index contributed by atoms with van der Waals surface area (Å²) in [6.07, 6.45) is 0. The quantitative estimate of drug-likeness (QED) is 0.661. The molecule has 0 aliphatic rings. The minimum atomic E-state index is -1.59. The van der Waals surface area contributed by atoms with Gasteiger partial charge in [-0.2, -0.15) is 0 Å². The lowest BCUT2D eigenvalue weighted by Crippen LogP contribution is -2.35. The molecule has 0 bridgehead atoms. The molecule has 0 atom stereocenters. The van der Waals surface area contributed by atoms with E-state index in [1.54, 1.807) is 60.7 Å². The molecule has 0 amide bonds. The van der Waals surface area contributed by atoms with Gasteiger partial charge in [-0.15, -0.1) is 0 Å². The van der Waals surface area contributed by atoms with Gasteiger partial charge in [-0.05, 0) is 11.1 Å².